The molecule has 1 aliphatic carbocycles. The molecule has 1 saturated carbocycles. The molecule has 26 heavy (non-hydrogen) atoms. The number of ketones is 1. The van der Waals surface area contributed by atoms with Gasteiger partial charge in [-0.05, 0) is 56.4 Å². The van der Waals surface area contributed by atoms with Crippen molar-refractivity contribution in [1.29, 1.82) is 0 Å². The predicted octanol–water partition coefficient (Wildman–Crippen LogP) is 4.24. The smallest absolute Gasteiger partial charge is 0.141 e. The summed E-state index contributed by atoms with van der Waals surface area (Å²) in [5, 5.41) is 9.67. The zero-order valence-corrected chi connectivity index (χ0v) is 16.3. The number of hydrogen-bond acceptors (Lipinski definition) is 4. The highest BCUT2D eigenvalue weighted by Gasteiger charge is 2.30. The summed E-state index contributed by atoms with van der Waals surface area (Å²) in [6, 6.07) is 3.97. The highest BCUT2D eigenvalue weighted by atomic mass is 16.5. The molecule has 0 aromatic heterocycles. The Labute approximate surface area is 156 Å². The van der Waals surface area contributed by atoms with Crippen molar-refractivity contribution in [3.63, 3.8) is 0 Å². The van der Waals surface area contributed by atoms with Gasteiger partial charge in [0.15, 0.2) is 0 Å². The normalized spacial score (nSPS) is 20.1. The van der Waals surface area contributed by atoms with Gasteiger partial charge in [-0.2, -0.15) is 0 Å². The first-order valence-corrected chi connectivity index (χ1v) is 9.86. The van der Waals surface area contributed by atoms with Crippen LogP contribution in [0.3, 0.4) is 0 Å². The predicted molar refractivity (Wildman–Crippen MR) is 104 cm³/mol. The summed E-state index contributed by atoms with van der Waals surface area (Å²) >= 11 is 0. The average Bonchev–Trinajstić information content (AvgIpc) is 2.89. The monoisotopic (exact) mass is 357 g/mol. The summed E-state index contributed by atoms with van der Waals surface area (Å²) in [6.07, 6.45) is 8.08. The first kappa shape index (κ1) is 19.1. The molecule has 0 spiro atoms. The molecular weight excluding hydrogens is 326 g/mol. The number of benzene rings is 1. The van der Waals surface area contributed by atoms with Gasteiger partial charge in [0.25, 0.3) is 0 Å². The zero-order chi connectivity index (χ0) is 18.7. The van der Waals surface area contributed by atoms with E-state index in [1.165, 1.54) is 12.8 Å². The van der Waals surface area contributed by atoms with Crippen LogP contribution in [0.25, 0.3) is 0 Å². The van der Waals surface area contributed by atoms with Crippen LogP contribution in [-0.2, 0) is 17.8 Å². The number of Topliss-reactive ketones (excluding diaryl/α,β-unsaturated/α-hetero) is 1. The van der Waals surface area contributed by atoms with E-state index in [9.17, 15) is 9.90 Å². The van der Waals surface area contributed by atoms with Crippen molar-refractivity contribution in [2.75, 3.05) is 7.11 Å². The molecule has 4 heteroatoms. The van der Waals surface area contributed by atoms with E-state index < -0.39 is 0 Å². The second-order valence-corrected chi connectivity index (χ2v) is 8.36. The van der Waals surface area contributed by atoms with Crippen LogP contribution in [0.2, 0.25) is 0 Å². The number of carbonyl (C=O) groups excluding carboxylic acids is 1. The average molecular weight is 357 g/mol. The van der Waals surface area contributed by atoms with E-state index in [-0.39, 0.29) is 18.1 Å². The van der Waals surface area contributed by atoms with Crippen LogP contribution in [0, 0.1) is 5.92 Å². The Morgan fingerprint density at radius 2 is 1.92 bits per heavy atom. The number of nitrogens with zero attached hydrogens (tertiary/aromatic N) is 1. The minimum Gasteiger partial charge on any atom is -0.496 e. The maximum absolute atomic E-state index is 13.0. The Bertz CT molecular complexity index is 698. The highest BCUT2D eigenvalue weighted by Crippen LogP contribution is 2.34. The van der Waals surface area contributed by atoms with Crippen molar-refractivity contribution in [3.05, 3.63) is 28.8 Å². The Kier molecular flexibility index (Phi) is 5.81. The molecule has 1 heterocycles. The van der Waals surface area contributed by atoms with Gasteiger partial charge in [0.1, 0.15) is 11.5 Å². The summed E-state index contributed by atoms with van der Waals surface area (Å²) in [6.45, 7) is 4.14. The molecule has 0 atom stereocenters. The number of hydrogen-bond donors (Lipinski definition) is 1. The molecule has 0 saturated heterocycles. The van der Waals surface area contributed by atoms with Crippen LogP contribution >= 0.6 is 0 Å². The Morgan fingerprint density at radius 3 is 2.54 bits per heavy atom. The van der Waals surface area contributed by atoms with E-state index in [0.29, 0.717) is 18.0 Å². The lowest BCUT2D eigenvalue weighted by atomic mass is 9.83. The maximum Gasteiger partial charge on any atom is 0.141 e. The highest BCUT2D eigenvalue weighted by molar-refractivity contribution is 6.13. The molecule has 4 nitrogen and oxygen atoms in total. The third-order valence-electron chi connectivity index (χ3n) is 5.70. The second-order valence-electron chi connectivity index (χ2n) is 8.36. The molecule has 0 amide bonds. The van der Waals surface area contributed by atoms with Gasteiger partial charge in [-0.3, -0.25) is 9.79 Å². The topological polar surface area (TPSA) is 58.9 Å². The molecule has 0 radical (unpaired) electrons. The molecule has 0 bridgehead atoms. The van der Waals surface area contributed by atoms with Crippen LogP contribution in [0.1, 0.15) is 75.5 Å². The molecule has 1 fully saturated rings. The molecule has 142 valence electrons. The van der Waals surface area contributed by atoms with Crippen molar-refractivity contribution in [3.8, 4) is 5.75 Å². The summed E-state index contributed by atoms with van der Waals surface area (Å²) in [5.41, 5.74) is 3.57. The minimum absolute atomic E-state index is 0.0797. The van der Waals surface area contributed by atoms with Crippen LogP contribution < -0.4 is 4.74 Å². The fraction of sp³-hybridized carbons (Fsp3) is 0.636. The fourth-order valence-electron chi connectivity index (χ4n) is 4.37. The molecule has 2 aliphatic rings. The molecule has 1 aliphatic heterocycles. The number of methoxy groups -OCH3 is 1. The van der Waals surface area contributed by atoms with Crippen molar-refractivity contribution in [2.45, 2.75) is 77.4 Å². The summed E-state index contributed by atoms with van der Waals surface area (Å²) in [5.74, 6) is 1.22. The first-order valence-electron chi connectivity index (χ1n) is 9.86. The fourth-order valence-corrected chi connectivity index (χ4v) is 4.37. The Morgan fingerprint density at radius 1 is 1.23 bits per heavy atom. The lowest BCUT2D eigenvalue weighted by molar-refractivity contribution is -0.122. The standard InChI is InChI=1S/C22H31NO3/c1-22(2)13-16-11-21(26-3)17(14-24)10-18(16)19(23-22)12-20(25)15-8-6-4-5-7-9-15/h10-11,15,24H,4-9,12-14H2,1-3H3. The van der Waals surface area contributed by atoms with Crippen molar-refractivity contribution < 1.29 is 14.6 Å². The van der Waals surface area contributed by atoms with E-state index in [2.05, 4.69) is 13.8 Å². The van der Waals surface area contributed by atoms with Crippen molar-refractivity contribution in [1.82, 2.24) is 0 Å². The number of ether oxygens (including phenoxy) is 1. The number of rotatable bonds is 5. The minimum atomic E-state index is -0.224. The van der Waals surface area contributed by atoms with Gasteiger partial charge in [-0.1, -0.05) is 25.7 Å². The molecule has 1 aromatic carbocycles. The number of aliphatic hydroxyl groups is 1. The number of aliphatic imine (C=N–C) groups is 1. The van der Waals surface area contributed by atoms with Crippen LogP contribution in [0.4, 0.5) is 0 Å². The largest absolute Gasteiger partial charge is 0.496 e. The first-order chi connectivity index (χ1) is 12.4. The lowest BCUT2D eigenvalue weighted by Gasteiger charge is -2.30. The van der Waals surface area contributed by atoms with Gasteiger partial charge in [0, 0.05) is 17.9 Å². The van der Waals surface area contributed by atoms with Crippen LogP contribution in [-0.4, -0.2) is 29.3 Å². The quantitative estimate of drug-likeness (QED) is 0.802. The van der Waals surface area contributed by atoms with E-state index in [0.717, 1.165) is 54.5 Å². The molecule has 1 aromatic rings. The zero-order valence-electron chi connectivity index (χ0n) is 16.3. The van der Waals surface area contributed by atoms with E-state index in [1.54, 1.807) is 7.11 Å². The van der Waals surface area contributed by atoms with Crippen LogP contribution in [0.15, 0.2) is 17.1 Å². The van der Waals surface area contributed by atoms with E-state index in [4.69, 9.17) is 9.73 Å². The van der Waals surface area contributed by atoms with Gasteiger partial charge in [-0.15, -0.1) is 0 Å². The van der Waals surface area contributed by atoms with Crippen molar-refractivity contribution >= 4 is 11.5 Å². The Balaban J connectivity index is 1.90. The van der Waals surface area contributed by atoms with E-state index in [1.807, 2.05) is 12.1 Å². The Hall–Kier alpha value is -1.68. The molecule has 3 rings (SSSR count). The van der Waals surface area contributed by atoms with Gasteiger partial charge in [-0.25, -0.2) is 0 Å². The van der Waals surface area contributed by atoms with Crippen LogP contribution in [0.5, 0.6) is 5.75 Å². The summed E-state index contributed by atoms with van der Waals surface area (Å²) < 4.78 is 5.43. The van der Waals surface area contributed by atoms with Gasteiger partial charge in [0.2, 0.25) is 0 Å². The third kappa shape index (κ3) is 4.17. The molecule has 1 N–H and O–H groups in total. The van der Waals surface area contributed by atoms with Gasteiger partial charge >= 0.3 is 0 Å². The number of carbonyl (C=O) groups is 1. The third-order valence-corrected chi connectivity index (χ3v) is 5.70. The van der Waals surface area contributed by atoms with Crippen molar-refractivity contribution in [2.24, 2.45) is 10.9 Å². The second kappa shape index (κ2) is 7.91. The lowest BCUT2D eigenvalue weighted by Crippen LogP contribution is -2.31. The summed E-state index contributed by atoms with van der Waals surface area (Å²) in [7, 11) is 1.62. The summed E-state index contributed by atoms with van der Waals surface area (Å²) in [4.78, 5) is 17.9. The van der Waals surface area contributed by atoms with E-state index >= 15 is 0 Å². The molecular formula is C22H31NO3. The SMILES string of the molecule is COc1cc2c(cc1CO)C(CC(=O)C1CCCCCC1)=NC(C)(C)C2. The van der Waals surface area contributed by atoms with Gasteiger partial charge in [0.05, 0.1) is 25.0 Å². The maximum atomic E-state index is 13.0. The number of aliphatic hydroxyl groups excluding tert-OH is 1. The van der Waals surface area contributed by atoms with Gasteiger partial charge < -0.3 is 9.84 Å². The molecule has 0 unspecified atom stereocenters. The number of fused-ring (bicyclic) bond motifs is 1.